The van der Waals surface area contributed by atoms with E-state index in [2.05, 4.69) is 4.99 Å². The van der Waals surface area contributed by atoms with Crippen LogP contribution in [0, 0.1) is 0 Å². The Kier molecular flexibility index (Phi) is 2.88. The van der Waals surface area contributed by atoms with Gasteiger partial charge in [0, 0.05) is 18.3 Å². The normalized spacial score (nSPS) is 11.1. The highest BCUT2D eigenvalue weighted by Crippen LogP contribution is 2.15. The van der Waals surface area contributed by atoms with E-state index in [9.17, 15) is 0 Å². The summed E-state index contributed by atoms with van der Waals surface area (Å²) in [7, 11) is 1.99. The van der Waals surface area contributed by atoms with Gasteiger partial charge in [-0.1, -0.05) is 11.6 Å². The van der Waals surface area contributed by atoms with Crippen LogP contribution in [-0.4, -0.2) is 10.8 Å². The van der Waals surface area contributed by atoms with Gasteiger partial charge < -0.3 is 4.57 Å². The molecule has 0 atom stereocenters. The average molecular weight is 219 g/mol. The molecule has 1 heterocycles. The van der Waals surface area contributed by atoms with Crippen LogP contribution in [0.5, 0.6) is 0 Å². The van der Waals surface area contributed by atoms with E-state index < -0.39 is 0 Å². The minimum absolute atomic E-state index is 0.729. The van der Waals surface area contributed by atoms with Crippen LogP contribution in [-0.2, 0) is 7.05 Å². The third-order valence-corrected chi connectivity index (χ3v) is 2.41. The second kappa shape index (κ2) is 4.32. The van der Waals surface area contributed by atoms with Crippen molar-refractivity contribution in [2.75, 3.05) is 0 Å². The zero-order valence-electron chi connectivity index (χ0n) is 8.39. The van der Waals surface area contributed by atoms with Gasteiger partial charge in [0.2, 0.25) is 0 Å². The lowest BCUT2D eigenvalue weighted by atomic mass is 10.3. The lowest BCUT2D eigenvalue weighted by Crippen LogP contribution is -1.91. The fourth-order valence-corrected chi connectivity index (χ4v) is 1.40. The van der Waals surface area contributed by atoms with Crippen LogP contribution < -0.4 is 0 Å². The summed E-state index contributed by atoms with van der Waals surface area (Å²) < 4.78 is 2.01. The molecule has 3 heteroatoms. The molecule has 1 aromatic heterocycles. The maximum absolute atomic E-state index is 5.78. The topological polar surface area (TPSA) is 17.3 Å². The fourth-order valence-electron chi connectivity index (χ4n) is 1.28. The molecule has 0 radical (unpaired) electrons. The Labute approximate surface area is 93.8 Å². The molecular formula is C12H11ClN2. The summed E-state index contributed by atoms with van der Waals surface area (Å²) in [5.41, 5.74) is 1.98. The van der Waals surface area contributed by atoms with E-state index in [-0.39, 0.29) is 0 Å². The van der Waals surface area contributed by atoms with E-state index in [1.54, 1.807) is 0 Å². The molecule has 0 saturated heterocycles. The molecule has 0 aliphatic rings. The molecule has 0 spiro atoms. The van der Waals surface area contributed by atoms with E-state index in [4.69, 9.17) is 11.6 Å². The molecule has 15 heavy (non-hydrogen) atoms. The molecule has 1 aromatic carbocycles. The molecule has 2 aromatic rings. The summed E-state index contributed by atoms with van der Waals surface area (Å²) >= 11 is 5.78. The first kappa shape index (κ1) is 9.99. The quantitative estimate of drug-likeness (QED) is 0.688. The summed E-state index contributed by atoms with van der Waals surface area (Å²) in [6.45, 7) is 0. The SMILES string of the molecule is Cn1cccc1C=Nc1ccc(Cl)cc1. The van der Waals surface area contributed by atoms with Gasteiger partial charge in [0.1, 0.15) is 0 Å². The number of hydrogen-bond donors (Lipinski definition) is 0. The predicted molar refractivity (Wildman–Crippen MR) is 64.1 cm³/mol. The Balaban J connectivity index is 2.19. The third-order valence-electron chi connectivity index (χ3n) is 2.16. The van der Waals surface area contributed by atoms with Crippen LogP contribution in [0.4, 0.5) is 5.69 Å². The van der Waals surface area contributed by atoms with Gasteiger partial charge in [-0.05, 0) is 36.4 Å². The Hall–Kier alpha value is -1.54. The van der Waals surface area contributed by atoms with Gasteiger partial charge in [0.05, 0.1) is 17.6 Å². The molecule has 2 nitrogen and oxygen atoms in total. The van der Waals surface area contributed by atoms with E-state index in [1.165, 1.54) is 0 Å². The molecule has 0 N–H and O–H groups in total. The van der Waals surface area contributed by atoms with E-state index >= 15 is 0 Å². The van der Waals surface area contributed by atoms with Crippen molar-refractivity contribution >= 4 is 23.5 Å². The first-order valence-electron chi connectivity index (χ1n) is 4.67. The van der Waals surface area contributed by atoms with Gasteiger partial charge >= 0.3 is 0 Å². The highest BCUT2D eigenvalue weighted by Gasteiger charge is 1.92. The van der Waals surface area contributed by atoms with Crippen molar-refractivity contribution in [3.05, 3.63) is 53.3 Å². The Morgan fingerprint density at radius 2 is 1.93 bits per heavy atom. The van der Waals surface area contributed by atoms with Crippen molar-refractivity contribution in [1.29, 1.82) is 0 Å². The second-order valence-corrected chi connectivity index (χ2v) is 3.72. The van der Waals surface area contributed by atoms with Crippen molar-refractivity contribution in [3.8, 4) is 0 Å². The number of aliphatic imine (C=N–C) groups is 1. The standard InChI is InChI=1S/C12H11ClN2/c1-15-8-2-3-12(15)9-14-11-6-4-10(13)5-7-11/h2-9H,1H3. The molecule has 0 saturated carbocycles. The van der Waals surface area contributed by atoms with Crippen LogP contribution in [0.25, 0.3) is 0 Å². The number of aromatic nitrogens is 1. The number of hydrogen-bond acceptors (Lipinski definition) is 1. The minimum atomic E-state index is 0.729. The number of benzene rings is 1. The summed E-state index contributed by atoms with van der Waals surface area (Å²) in [6.07, 6.45) is 3.83. The van der Waals surface area contributed by atoms with Gasteiger partial charge in [-0.3, -0.25) is 4.99 Å². The van der Waals surface area contributed by atoms with Gasteiger partial charge in [0.15, 0.2) is 0 Å². The zero-order chi connectivity index (χ0) is 10.7. The van der Waals surface area contributed by atoms with Gasteiger partial charge in [-0.15, -0.1) is 0 Å². The fraction of sp³-hybridized carbons (Fsp3) is 0.0833. The van der Waals surface area contributed by atoms with Crippen LogP contribution >= 0.6 is 11.6 Å². The van der Waals surface area contributed by atoms with E-state index in [1.807, 2.05) is 60.4 Å². The van der Waals surface area contributed by atoms with Gasteiger partial charge in [0.25, 0.3) is 0 Å². The second-order valence-electron chi connectivity index (χ2n) is 3.28. The largest absolute Gasteiger partial charge is 0.350 e. The number of nitrogens with zero attached hydrogens (tertiary/aromatic N) is 2. The summed E-state index contributed by atoms with van der Waals surface area (Å²) in [6, 6.07) is 11.4. The van der Waals surface area contributed by atoms with Crippen molar-refractivity contribution in [3.63, 3.8) is 0 Å². The zero-order valence-corrected chi connectivity index (χ0v) is 9.15. The first-order chi connectivity index (χ1) is 7.25. The molecule has 0 unspecified atom stereocenters. The smallest absolute Gasteiger partial charge is 0.0631 e. The molecule has 0 aliphatic heterocycles. The van der Waals surface area contributed by atoms with Gasteiger partial charge in [-0.2, -0.15) is 0 Å². The predicted octanol–water partition coefficient (Wildman–Crippen LogP) is 3.43. The lowest BCUT2D eigenvalue weighted by molar-refractivity contribution is 0.918. The lowest BCUT2D eigenvalue weighted by Gasteiger charge is -1.96. The highest BCUT2D eigenvalue weighted by atomic mass is 35.5. The van der Waals surface area contributed by atoms with Crippen molar-refractivity contribution in [2.45, 2.75) is 0 Å². The Morgan fingerprint density at radius 1 is 1.20 bits per heavy atom. The van der Waals surface area contributed by atoms with Crippen LogP contribution in [0.15, 0.2) is 47.6 Å². The van der Waals surface area contributed by atoms with Crippen molar-refractivity contribution < 1.29 is 0 Å². The number of rotatable bonds is 2. The van der Waals surface area contributed by atoms with Crippen molar-refractivity contribution in [2.24, 2.45) is 12.0 Å². The maximum Gasteiger partial charge on any atom is 0.0631 e. The molecule has 0 fully saturated rings. The molecule has 76 valence electrons. The highest BCUT2D eigenvalue weighted by molar-refractivity contribution is 6.30. The summed E-state index contributed by atoms with van der Waals surface area (Å²) in [4.78, 5) is 4.35. The average Bonchev–Trinajstić information content (AvgIpc) is 2.63. The van der Waals surface area contributed by atoms with Crippen LogP contribution in [0.3, 0.4) is 0 Å². The Bertz CT molecular complexity index is 469. The van der Waals surface area contributed by atoms with Gasteiger partial charge in [-0.25, -0.2) is 0 Å². The molecular weight excluding hydrogens is 208 g/mol. The molecule has 2 rings (SSSR count). The molecule has 0 aliphatic carbocycles. The van der Waals surface area contributed by atoms with E-state index in [0.717, 1.165) is 16.4 Å². The summed E-state index contributed by atoms with van der Waals surface area (Å²) in [5, 5.41) is 0.729. The Morgan fingerprint density at radius 3 is 2.53 bits per heavy atom. The minimum Gasteiger partial charge on any atom is -0.350 e. The van der Waals surface area contributed by atoms with Crippen molar-refractivity contribution in [1.82, 2.24) is 4.57 Å². The van der Waals surface area contributed by atoms with E-state index in [0.29, 0.717) is 0 Å². The monoisotopic (exact) mass is 218 g/mol. The van der Waals surface area contributed by atoms with Crippen LogP contribution in [0.1, 0.15) is 5.69 Å². The molecule has 0 bridgehead atoms. The number of aryl methyl sites for hydroxylation is 1. The number of halogens is 1. The maximum atomic E-state index is 5.78. The first-order valence-corrected chi connectivity index (χ1v) is 5.04. The third kappa shape index (κ3) is 2.48. The molecule has 0 amide bonds. The van der Waals surface area contributed by atoms with Crippen LogP contribution in [0.2, 0.25) is 5.02 Å². The summed E-state index contributed by atoms with van der Waals surface area (Å²) in [5.74, 6) is 0.